The Morgan fingerprint density at radius 3 is 2.72 bits per heavy atom. The van der Waals surface area contributed by atoms with Gasteiger partial charge in [-0.1, -0.05) is 6.07 Å². The smallest absolute Gasteiger partial charge is 0.253 e. The van der Waals surface area contributed by atoms with E-state index < -0.39 is 15.7 Å². The Morgan fingerprint density at radius 1 is 1.11 bits per heavy atom. The summed E-state index contributed by atoms with van der Waals surface area (Å²) in [6.07, 6.45) is 5.67. The maximum Gasteiger partial charge on any atom is 0.253 e. The molecule has 4 aromatic heterocycles. The van der Waals surface area contributed by atoms with Gasteiger partial charge in [-0.05, 0) is 42.8 Å². The first kappa shape index (κ1) is 23.8. The number of pyridine rings is 4. The Morgan fingerprint density at radius 2 is 1.94 bits per heavy atom. The van der Waals surface area contributed by atoms with Gasteiger partial charge >= 0.3 is 0 Å². The van der Waals surface area contributed by atoms with Crippen LogP contribution in [0.3, 0.4) is 0 Å². The monoisotopic (exact) mass is 504 g/mol. The number of hydrogen-bond acceptors (Lipinski definition) is 9. The highest BCUT2D eigenvalue weighted by Crippen LogP contribution is 2.24. The molecule has 184 valence electrons. The van der Waals surface area contributed by atoms with Crippen molar-refractivity contribution in [1.82, 2.24) is 25.3 Å². The zero-order valence-corrected chi connectivity index (χ0v) is 20.3. The van der Waals surface area contributed by atoms with Gasteiger partial charge in [-0.3, -0.25) is 14.8 Å². The van der Waals surface area contributed by atoms with Gasteiger partial charge in [0.2, 0.25) is 0 Å². The second kappa shape index (κ2) is 9.59. The fourth-order valence-electron chi connectivity index (χ4n) is 4.01. The molecule has 1 fully saturated rings. The van der Waals surface area contributed by atoms with E-state index in [-0.39, 0.29) is 23.1 Å². The number of nitrogens with one attached hydrogen (secondary N) is 1. The Hall–Kier alpha value is -3.96. The number of aliphatic hydroxyl groups excluding tert-OH is 1. The van der Waals surface area contributed by atoms with Crippen LogP contribution in [0.25, 0.3) is 22.3 Å². The molecule has 0 saturated carbocycles. The molecule has 5 heterocycles. The van der Waals surface area contributed by atoms with Gasteiger partial charge in [0.25, 0.3) is 5.91 Å². The molecule has 5 rings (SSSR count). The van der Waals surface area contributed by atoms with Gasteiger partial charge in [-0.15, -0.1) is 0 Å². The van der Waals surface area contributed by atoms with E-state index in [0.29, 0.717) is 23.4 Å². The summed E-state index contributed by atoms with van der Waals surface area (Å²) in [6, 6.07) is 12.6. The number of nitrogens with zero attached hydrogens (tertiary/aromatic N) is 5. The van der Waals surface area contributed by atoms with Crippen LogP contribution in [0.15, 0.2) is 66.0 Å². The van der Waals surface area contributed by atoms with E-state index in [1.165, 1.54) is 18.5 Å². The third-order valence-electron chi connectivity index (χ3n) is 5.95. The third-order valence-corrected chi connectivity index (χ3v) is 7.03. The molecule has 1 aliphatic heterocycles. The Labute approximate surface area is 208 Å². The second-order valence-electron chi connectivity index (χ2n) is 8.70. The number of rotatable bonds is 6. The van der Waals surface area contributed by atoms with Gasteiger partial charge in [-0.25, -0.2) is 18.4 Å². The number of carbonyl (C=O) groups is 1. The molecular formula is C25H24N6O4S. The summed E-state index contributed by atoms with van der Waals surface area (Å²) in [5, 5.41) is 13.4. The average molecular weight is 505 g/mol. The SMILES string of the molecule is CS(=O)(=O)c1cncc(C(=O)NCc2cc3nc(-c4cccc(N5CC[C@H](O)C5)n4)ccc3cn2)c1. The number of amides is 1. The fraction of sp³-hybridized carbons (Fsp3) is 0.240. The van der Waals surface area contributed by atoms with Crippen LogP contribution in [-0.4, -0.2) is 64.8 Å². The standard InChI is InChI=1S/C25H24N6O4S/c1-36(34,35)20-9-17(11-26-14-20)25(33)28-13-18-10-23-16(12-27-18)5-6-22(29-23)21-3-2-4-24(30-21)31-8-7-19(32)15-31/h2-6,9-12,14,19,32H,7-8,13,15H2,1H3,(H,28,33)/t19-/m0/s1. The second-order valence-corrected chi connectivity index (χ2v) is 10.7. The van der Waals surface area contributed by atoms with Crippen LogP contribution in [0.5, 0.6) is 0 Å². The van der Waals surface area contributed by atoms with E-state index >= 15 is 0 Å². The van der Waals surface area contributed by atoms with E-state index in [1.54, 1.807) is 12.3 Å². The lowest BCUT2D eigenvalue weighted by Gasteiger charge is -2.17. The van der Waals surface area contributed by atoms with Gasteiger partial charge in [-0.2, -0.15) is 0 Å². The topological polar surface area (TPSA) is 138 Å². The van der Waals surface area contributed by atoms with Gasteiger partial charge in [0, 0.05) is 43.3 Å². The molecule has 4 aromatic rings. The molecule has 36 heavy (non-hydrogen) atoms. The third kappa shape index (κ3) is 5.16. The van der Waals surface area contributed by atoms with Crippen LogP contribution in [0.4, 0.5) is 5.82 Å². The molecule has 1 amide bonds. The van der Waals surface area contributed by atoms with Crippen molar-refractivity contribution in [3.8, 4) is 11.4 Å². The summed E-state index contributed by atoms with van der Waals surface area (Å²) in [7, 11) is -3.47. The quantitative estimate of drug-likeness (QED) is 0.404. The first-order valence-electron chi connectivity index (χ1n) is 11.4. The molecule has 11 heteroatoms. The normalized spacial score (nSPS) is 15.8. The van der Waals surface area contributed by atoms with Crippen LogP contribution < -0.4 is 10.2 Å². The van der Waals surface area contributed by atoms with Gasteiger partial charge in [0.1, 0.15) is 5.82 Å². The molecule has 2 N–H and O–H groups in total. The van der Waals surface area contributed by atoms with E-state index in [1.807, 2.05) is 30.3 Å². The van der Waals surface area contributed by atoms with Gasteiger partial charge in [0.05, 0.1) is 45.7 Å². The fourth-order valence-corrected chi connectivity index (χ4v) is 4.60. The Bertz CT molecular complexity index is 1560. The summed E-state index contributed by atoms with van der Waals surface area (Å²) in [4.78, 5) is 32.3. The lowest BCUT2D eigenvalue weighted by Crippen LogP contribution is -2.23. The maximum atomic E-state index is 12.5. The molecule has 0 aliphatic carbocycles. The number of fused-ring (bicyclic) bond motifs is 1. The average Bonchev–Trinajstić information content (AvgIpc) is 3.32. The zero-order valence-electron chi connectivity index (χ0n) is 19.5. The van der Waals surface area contributed by atoms with Crippen molar-refractivity contribution in [2.24, 2.45) is 0 Å². The molecular weight excluding hydrogens is 480 g/mol. The van der Waals surface area contributed by atoms with Crippen molar-refractivity contribution in [2.45, 2.75) is 24.0 Å². The largest absolute Gasteiger partial charge is 0.391 e. The Kier molecular flexibility index (Phi) is 6.33. The van der Waals surface area contributed by atoms with Crippen LogP contribution in [0.2, 0.25) is 0 Å². The molecule has 0 bridgehead atoms. The van der Waals surface area contributed by atoms with Crippen molar-refractivity contribution >= 4 is 32.5 Å². The molecule has 1 atom stereocenters. The van der Waals surface area contributed by atoms with Gasteiger partial charge in [0.15, 0.2) is 9.84 Å². The number of hydrogen-bond donors (Lipinski definition) is 2. The van der Waals surface area contributed by atoms with Crippen molar-refractivity contribution in [3.05, 3.63) is 72.3 Å². The first-order valence-corrected chi connectivity index (χ1v) is 13.2. The van der Waals surface area contributed by atoms with Gasteiger partial charge < -0.3 is 15.3 Å². The molecule has 0 aromatic carbocycles. The van der Waals surface area contributed by atoms with Crippen molar-refractivity contribution in [3.63, 3.8) is 0 Å². The van der Waals surface area contributed by atoms with Crippen LogP contribution in [0, 0.1) is 0 Å². The summed E-state index contributed by atoms with van der Waals surface area (Å²) in [5.74, 6) is 0.350. The number of anilines is 1. The minimum atomic E-state index is -3.47. The number of β-amino-alcohol motifs (C(OH)–C–C–N with tert-alkyl or cyclic N) is 1. The molecule has 0 unspecified atom stereocenters. The molecule has 0 radical (unpaired) electrons. The number of aliphatic hydroxyl groups is 1. The Balaban J connectivity index is 1.34. The predicted octanol–water partition coefficient (Wildman–Crippen LogP) is 1.99. The van der Waals surface area contributed by atoms with Crippen LogP contribution in [0.1, 0.15) is 22.5 Å². The summed E-state index contributed by atoms with van der Waals surface area (Å²) in [5.41, 5.74) is 2.88. The summed E-state index contributed by atoms with van der Waals surface area (Å²) < 4.78 is 23.5. The zero-order chi connectivity index (χ0) is 25.3. The van der Waals surface area contributed by atoms with Crippen molar-refractivity contribution in [2.75, 3.05) is 24.2 Å². The highest BCUT2D eigenvalue weighted by atomic mass is 32.2. The van der Waals surface area contributed by atoms with E-state index in [0.717, 1.165) is 36.1 Å². The number of carbonyl (C=O) groups excluding carboxylic acids is 1. The summed E-state index contributed by atoms with van der Waals surface area (Å²) in [6.45, 7) is 1.46. The van der Waals surface area contributed by atoms with E-state index in [4.69, 9.17) is 9.97 Å². The molecule has 1 aliphatic rings. The maximum absolute atomic E-state index is 12.5. The highest BCUT2D eigenvalue weighted by molar-refractivity contribution is 7.90. The minimum Gasteiger partial charge on any atom is -0.391 e. The highest BCUT2D eigenvalue weighted by Gasteiger charge is 2.21. The lowest BCUT2D eigenvalue weighted by molar-refractivity contribution is 0.0950. The summed E-state index contributed by atoms with van der Waals surface area (Å²) >= 11 is 0. The van der Waals surface area contributed by atoms with Crippen LogP contribution >= 0.6 is 0 Å². The predicted molar refractivity (Wildman–Crippen MR) is 134 cm³/mol. The first-order chi connectivity index (χ1) is 17.3. The van der Waals surface area contributed by atoms with Crippen molar-refractivity contribution < 1.29 is 18.3 Å². The molecule has 10 nitrogen and oxygen atoms in total. The van der Waals surface area contributed by atoms with E-state index in [9.17, 15) is 18.3 Å². The van der Waals surface area contributed by atoms with E-state index in [2.05, 4.69) is 20.2 Å². The molecule has 0 spiro atoms. The lowest BCUT2D eigenvalue weighted by atomic mass is 10.2. The van der Waals surface area contributed by atoms with Crippen LogP contribution in [-0.2, 0) is 16.4 Å². The number of sulfone groups is 1. The number of aromatic nitrogens is 4. The van der Waals surface area contributed by atoms with Crippen molar-refractivity contribution in [1.29, 1.82) is 0 Å². The minimum absolute atomic E-state index is 0.0192. The molecule has 1 saturated heterocycles.